The van der Waals surface area contributed by atoms with Crippen molar-refractivity contribution in [3.8, 4) is 0 Å². The predicted molar refractivity (Wildman–Crippen MR) is 87.8 cm³/mol. The number of nitrogens with one attached hydrogen (secondary N) is 1. The molecule has 0 amide bonds. The third-order valence-electron chi connectivity index (χ3n) is 3.63. The van der Waals surface area contributed by atoms with Crippen LogP contribution in [0.1, 0.15) is 24.3 Å². The average molecular weight is 372 g/mol. The quantitative estimate of drug-likeness (QED) is 0.719. The SMILES string of the molecule is Clc1cccc(C2CC(Nc3cnc(Cl)c(Br)c3)C2)c1. The first-order chi connectivity index (χ1) is 9.61. The van der Waals surface area contributed by atoms with Gasteiger partial charge in [-0.05, 0) is 58.5 Å². The average Bonchev–Trinajstić information content (AvgIpc) is 2.37. The lowest BCUT2D eigenvalue weighted by Gasteiger charge is -2.37. The van der Waals surface area contributed by atoms with Gasteiger partial charge >= 0.3 is 0 Å². The van der Waals surface area contributed by atoms with Gasteiger partial charge in [0.05, 0.1) is 16.4 Å². The summed E-state index contributed by atoms with van der Waals surface area (Å²) in [5, 5.41) is 4.77. The van der Waals surface area contributed by atoms with Gasteiger partial charge in [0.2, 0.25) is 0 Å². The van der Waals surface area contributed by atoms with Gasteiger partial charge in [0, 0.05) is 11.1 Å². The molecule has 0 unspecified atom stereocenters. The van der Waals surface area contributed by atoms with Gasteiger partial charge in [0.15, 0.2) is 0 Å². The number of nitrogens with zero attached hydrogens (tertiary/aromatic N) is 1. The molecule has 0 radical (unpaired) electrons. The molecule has 0 aliphatic heterocycles. The molecule has 1 fully saturated rings. The summed E-state index contributed by atoms with van der Waals surface area (Å²) >= 11 is 15.3. The minimum atomic E-state index is 0.480. The van der Waals surface area contributed by atoms with E-state index in [1.807, 2.05) is 18.2 Å². The van der Waals surface area contributed by atoms with Crippen LogP contribution in [-0.4, -0.2) is 11.0 Å². The number of benzene rings is 1. The Balaban J connectivity index is 1.59. The van der Waals surface area contributed by atoms with Crippen molar-refractivity contribution < 1.29 is 0 Å². The van der Waals surface area contributed by atoms with Crippen molar-refractivity contribution in [3.05, 3.63) is 56.7 Å². The molecule has 1 aliphatic rings. The van der Waals surface area contributed by atoms with E-state index in [1.54, 1.807) is 6.20 Å². The summed E-state index contributed by atoms with van der Waals surface area (Å²) in [6.45, 7) is 0. The second-order valence-corrected chi connectivity index (χ2v) is 6.71. The van der Waals surface area contributed by atoms with Gasteiger partial charge < -0.3 is 5.32 Å². The maximum Gasteiger partial charge on any atom is 0.143 e. The fraction of sp³-hybridized carbons (Fsp3) is 0.267. The minimum Gasteiger partial charge on any atom is -0.381 e. The molecule has 3 rings (SSSR count). The molecule has 1 saturated carbocycles. The molecule has 1 aromatic heterocycles. The number of hydrogen-bond acceptors (Lipinski definition) is 2. The number of hydrogen-bond donors (Lipinski definition) is 1. The van der Waals surface area contributed by atoms with Gasteiger partial charge in [-0.2, -0.15) is 0 Å². The van der Waals surface area contributed by atoms with Crippen molar-refractivity contribution in [3.63, 3.8) is 0 Å². The van der Waals surface area contributed by atoms with Gasteiger partial charge in [-0.1, -0.05) is 35.3 Å². The Morgan fingerprint density at radius 2 is 2.00 bits per heavy atom. The van der Waals surface area contributed by atoms with Crippen LogP contribution in [0.3, 0.4) is 0 Å². The second kappa shape index (κ2) is 5.92. The Morgan fingerprint density at radius 1 is 1.20 bits per heavy atom. The maximum absolute atomic E-state index is 6.03. The van der Waals surface area contributed by atoms with Crippen LogP contribution in [0.15, 0.2) is 41.0 Å². The predicted octanol–water partition coefficient (Wildman–Crippen LogP) is 5.51. The Labute approximate surface area is 136 Å². The Hall–Kier alpha value is -0.770. The highest BCUT2D eigenvalue weighted by molar-refractivity contribution is 9.10. The van der Waals surface area contributed by atoms with E-state index in [0.29, 0.717) is 17.1 Å². The van der Waals surface area contributed by atoms with E-state index in [0.717, 1.165) is 28.0 Å². The normalized spacial score (nSPS) is 21.4. The standard InChI is InChI=1S/C15H13BrCl2N2/c16-14-7-13(8-19-15(14)18)20-12-5-10(6-12)9-2-1-3-11(17)4-9/h1-4,7-8,10,12,20H,5-6H2. The molecule has 20 heavy (non-hydrogen) atoms. The number of pyridine rings is 1. The number of halogens is 3. The largest absolute Gasteiger partial charge is 0.381 e. The van der Waals surface area contributed by atoms with Crippen LogP contribution in [0.2, 0.25) is 10.2 Å². The third kappa shape index (κ3) is 3.11. The highest BCUT2D eigenvalue weighted by Gasteiger charge is 2.30. The van der Waals surface area contributed by atoms with Crippen LogP contribution in [-0.2, 0) is 0 Å². The zero-order valence-electron chi connectivity index (χ0n) is 10.6. The summed E-state index contributed by atoms with van der Waals surface area (Å²) in [4.78, 5) is 4.12. The first-order valence-corrected chi connectivity index (χ1v) is 8.00. The van der Waals surface area contributed by atoms with Crippen LogP contribution in [0, 0.1) is 0 Å². The van der Waals surface area contributed by atoms with Crippen LogP contribution in [0.25, 0.3) is 0 Å². The first-order valence-electron chi connectivity index (χ1n) is 6.45. The Bertz CT molecular complexity index is 627. The van der Waals surface area contributed by atoms with Crippen molar-refractivity contribution in [2.75, 3.05) is 5.32 Å². The monoisotopic (exact) mass is 370 g/mol. The van der Waals surface area contributed by atoms with E-state index in [-0.39, 0.29) is 0 Å². The Kier molecular flexibility index (Phi) is 4.20. The summed E-state index contributed by atoms with van der Waals surface area (Å²) in [6.07, 6.45) is 3.99. The molecule has 104 valence electrons. The lowest BCUT2D eigenvalue weighted by molar-refractivity contribution is 0.374. The summed E-state index contributed by atoms with van der Waals surface area (Å²) in [7, 11) is 0. The smallest absolute Gasteiger partial charge is 0.143 e. The molecule has 5 heteroatoms. The molecule has 0 atom stereocenters. The molecule has 1 N–H and O–H groups in total. The van der Waals surface area contributed by atoms with Crippen LogP contribution in [0.5, 0.6) is 0 Å². The van der Waals surface area contributed by atoms with Gasteiger partial charge in [-0.25, -0.2) is 4.98 Å². The molecule has 1 heterocycles. The molecule has 0 spiro atoms. The summed E-state index contributed by atoms with van der Waals surface area (Å²) in [5.41, 5.74) is 2.32. The number of rotatable bonds is 3. The second-order valence-electron chi connectivity index (χ2n) is 5.06. The summed E-state index contributed by atoms with van der Waals surface area (Å²) < 4.78 is 0.815. The summed E-state index contributed by atoms with van der Waals surface area (Å²) in [5.74, 6) is 0.593. The van der Waals surface area contributed by atoms with E-state index in [2.05, 4.69) is 38.4 Å². The highest BCUT2D eigenvalue weighted by Crippen LogP contribution is 2.39. The fourth-order valence-electron chi connectivity index (χ4n) is 2.50. The molecule has 2 aromatic rings. The third-order valence-corrected chi connectivity index (χ3v) is 4.99. The minimum absolute atomic E-state index is 0.480. The lowest BCUT2D eigenvalue weighted by atomic mass is 9.76. The van der Waals surface area contributed by atoms with Crippen molar-refractivity contribution >= 4 is 44.8 Å². The van der Waals surface area contributed by atoms with E-state index in [9.17, 15) is 0 Å². The number of aromatic nitrogens is 1. The maximum atomic E-state index is 6.03. The van der Waals surface area contributed by atoms with E-state index < -0.39 is 0 Å². The van der Waals surface area contributed by atoms with Crippen LogP contribution < -0.4 is 5.32 Å². The van der Waals surface area contributed by atoms with Gasteiger partial charge in [0.1, 0.15) is 5.15 Å². The molecular weight excluding hydrogens is 359 g/mol. The molecule has 0 bridgehead atoms. The fourth-order valence-corrected chi connectivity index (χ4v) is 3.16. The molecular formula is C15H13BrCl2N2. The molecule has 1 aromatic carbocycles. The van der Waals surface area contributed by atoms with Crippen molar-refractivity contribution in [1.82, 2.24) is 4.98 Å². The molecule has 1 aliphatic carbocycles. The van der Waals surface area contributed by atoms with Gasteiger partial charge in [-0.3, -0.25) is 0 Å². The van der Waals surface area contributed by atoms with Crippen LogP contribution in [0.4, 0.5) is 5.69 Å². The first kappa shape index (κ1) is 14.2. The van der Waals surface area contributed by atoms with Gasteiger partial charge in [0.25, 0.3) is 0 Å². The number of anilines is 1. The van der Waals surface area contributed by atoms with Gasteiger partial charge in [-0.15, -0.1) is 0 Å². The zero-order chi connectivity index (χ0) is 14.1. The van der Waals surface area contributed by atoms with Crippen LogP contribution >= 0.6 is 39.1 Å². The van der Waals surface area contributed by atoms with Crippen molar-refractivity contribution in [2.24, 2.45) is 0 Å². The molecule has 2 nitrogen and oxygen atoms in total. The van der Waals surface area contributed by atoms with E-state index in [4.69, 9.17) is 23.2 Å². The van der Waals surface area contributed by atoms with Crippen molar-refractivity contribution in [2.45, 2.75) is 24.8 Å². The lowest BCUT2D eigenvalue weighted by Crippen LogP contribution is -2.34. The molecule has 0 saturated heterocycles. The summed E-state index contributed by atoms with van der Waals surface area (Å²) in [6, 6.07) is 10.6. The van der Waals surface area contributed by atoms with Crippen molar-refractivity contribution in [1.29, 1.82) is 0 Å². The highest BCUT2D eigenvalue weighted by atomic mass is 79.9. The van der Waals surface area contributed by atoms with E-state index >= 15 is 0 Å². The zero-order valence-corrected chi connectivity index (χ0v) is 13.7. The Morgan fingerprint density at radius 3 is 2.70 bits per heavy atom. The van der Waals surface area contributed by atoms with E-state index in [1.165, 1.54) is 5.56 Å². The topological polar surface area (TPSA) is 24.9 Å².